The zero-order chi connectivity index (χ0) is 13.7. The molecule has 0 aliphatic heterocycles. The molecule has 0 aromatic carbocycles. The van der Waals surface area contributed by atoms with E-state index in [1.165, 1.54) is 17.3 Å². The van der Waals surface area contributed by atoms with Gasteiger partial charge in [-0.1, -0.05) is 5.16 Å². The first kappa shape index (κ1) is 13.9. The van der Waals surface area contributed by atoms with Crippen LogP contribution in [0, 0.1) is 6.92 Å². The van der Waals surface area contributed by atoms with Crippen molar-refractivity contribution in [2.24, 2.45) is 10.9 Å². The van der Waals surface area contributed by atoms with Crippen molar-refractivity contribution >= 4 is 11.7 Å². The monoisotopic (exact) mass is 251 g/mol. The van der Waals surface area contributed by atoms with Crippen LogP contribution in [0.15, 0.2) is 17.5 Å². The lowest BCUT2D eigenvalue weighted by molar-refractivity contribution is 0.0740. The highest BCUT2D eigenvalue weighted by atomic mass is 16.4. The highest BCUT2D eigenvalue weighted by Crippen LogP contribution is 2.06. The van der Waals surface area contributed by atoms with E-state index in [2.05, 4.69) is 15.1 Å². The van der Waals surface area contributed by atoms with Crippen molar-refractivity contribution in [2.75, 3.05) is 7.05 Å². The highest BCUT2D eigenvalue weighted by molar-refractivity contribution is 5.92. The normalized spacial score (nSPS) is 13.2. The lowest BCUT2D eigenvalue weighted by atomic mass is 10.2. The van der Waals surface area contributed by atoms with Gasteiger partial charge in [0.2, 0.25) is 0 Å². The molecule has 1 atom stereocenters. The van der Waals surface area contributed by atoms with Crippen molar-refractivity contribution in [3.8, 4) is 0 Å². The SMILES string of the molecule is Cc1cnc(C(=O)N(C)C(C)CC(N)=NO)cn1. The second kappa shape index (κ2) is 5.95. The van der Waals surface area contributed by atoms with Crippen molar-refractivity contribution in [2.45, 2.75) is 26.3 Å². The Morgan fingerprint density at radius 3 is 2.72 bits per heavy atom. The molecular formula is C11H17N5O2. The molecule has 0 bridgehead atoms. The molecule has 1 aromatic heterocycles. The Bertz CT molecular complexity index is 443. The summed E-state index contributed by atoms with van der Waals surface area (Å²) in [5, 5.41) is 11.4. The molecule has 98 valence electrons. The molecule has 18 heavy (non-hydrogen) atoms. The Hall–Kier alpha value is -2.18. The average molecular weight is 251 g/mol. The zero-order valence-corrected chi connectivity index (χ0v) is 10.7. The number of aromatic nitrogens is 2. The molecule has 0 fully saturated rings. The highest BCUT2D eigenvalue weighted by Gasteiger charge is 2.19. The van der Waals surface area contributed by atoms with Crippen molar-refractivity contribution in [3.63, 3.8) is 0 Å². The Balaban J connectivity index is 2.74. The Morgan fingerprint density at radius 2 is 2.22 bits per heavy atom. The number of nitrogens with zero attached hydrogens (tertiary/aromatic N) is 4. The van der Waals surface area contributed by atoms with Crippen LogP contribution in [0.5, 0.6) is 0 Å². The quantitative estimate of drug-likeness (QED) is 0.348. The van der Waals surface area contributed by atoms with Gasteiger partial charge in [-0.15, -0.1) is 0 Å². The summed E-state index contributed by atoms with van der Waals surface area (Å²) in [6, 6.07) is -0.198. The van der Waals surface area contributed by atoms with Gasteiger partial charge in [-0.3, -0.25) is 9.78 Å². The van der Waals surface area contributed by atoms with Crippen molar-refractivity contribution in [1.82, 2.24) is 14.9 Å². The molecule has 1 rings (SSSR count). The smallest absolute Gasteiger partial charge is 0.274 e. The summed E-state index contributed by atoms with van der Waals surface area (Å²) in [7, 11) is 1.64. The number of rotatable bonds is 4. The molecule has 1 aromatic rings. The fourth-order valence-electron chi connectivity index (χ4n) is 1.36. The molecule has 0 spiro atoms. The molecule has 0 saturated heterocycles. The first-order valence-corrected chi connectivity index (χ1v) is 5.48. The van der Waals surface area contributed by atoms with E-state index in [1.807, 2.05) is 0 Å². The number of carbonyl (C=O) groups is 1. The largest absolute Gasteiger partial charge is 0.409 e. The number of hydrogen-bond acceptors (Lipinski definition) is 5. The lowest BCUT2D eigenvalue weighted by Gasteiger charge is -2.23. The second-order valence-electron chi connectivity index (χ2n) is 4.10. The third kappa shape index (κ3) is 3.41. The van der Waals surface area contributed by atoms with Gasteiger partial charge in [0.25, 0.3) is 5.91 Å². The fourth-order valence-corrected chi connectivity index (χ4v) is 1.36. The molecule has 3 N–H and O–H groups in total. The third-order valence-electron chi connectivity index (χ3n) is 2.61. The predicted molar refractivity (Wildman–Crippen MR) is 66.4 cm³/mol. The van der Waals surface area contributed by atoms with Crippen LogP contribution in [0.4, 0.5) is 0 Å². The maximum atomic E-state index is 12.0. The van der Waals surface area contributed by atoms with Crippen LogP contribution >= 0.6 is 0 Å². The molecule has 1 heterocycles. The van der Waals surface area contributed by atoms with Crippen molar-refractivity contribution in [3.05, 3.63) is 23.8 Å². The van der Waals surface area contributed by atoms with Gasteiger partial charge < -0.3 is 15.8 Å². The Labute approximate surface area is 105 Å². The van der Waals surface area contributed by atoms with Crippen LogP contribution in [0.1, 0.15) is 29.5 Å². The first-order chi connectivity index (χ1) is 8.45. The zero-order valence-electron chi connectivity index (χ0n) is 10.7. The summed E-state index contributed by atoms with van der Waals surface area (Å²) in [4.78, 5) is 21.6. The van der Waals surface area contributed by atoms with Crippen molar-refractivity contribution < 1.29 is 10.0 Å². The maximum Gasteiger partial charge on any atom is 0.274 e. The topological polar surface area (TPSA) is 105 Å². The van der Waals surface area contributed by atoms with Crippen LogP contribution in [0.2, 0.25) is 0 Å². The van der Waals surface area contributed by atoms with Crippen LogP contribution < -0.4 is 5.73 Å². The fraction of sp³-hybridized carbons (Fsp3) is 0.455. The number of aryl methyl sites for hydroxylation is 1. The average Bonchev–Trinajstić information content (AvgIpc) is 2.37. The number of amidine groups is 1. The molecule has 0 saturated carbocycles. The van der Waals surface area contributed by atoms with Crippen LogP contribution in [0.25, 0.3) is 0 Å². The lowest BCUT2D eigenvalue weighted by Crippen LogP contribution is -2.38. The number of oxime groups is 1. The molecular weight excluding hydrogens is 234 g/mol. The summed E-state index contributed by atoms with van der Waals surface area (Å²) in [5.41, 5.74) is 6.43. The van der Waals surface area contributed by atoms with E-state index in [4.69, 9.17) is 10.9 Å². The van der Waals surface area contributed by atoms with E-state index in [9.17, 15) is 4.79 Å². The van der Waals surface area contributed by atoms with E-state index in [1.54, 1.807) is 20.9 Å². The van der Waals surface area contributed by atoms with Gasteiger partial charge in [0, 0.05) is 25.7 Å². The summed E-state index contributed by atoms with van der Waals surface area (Å²) in [5.74, 6) is -0.169. The molecule has 7 nitrogen and oxygen atoms in total. The van der Waals surface area contributed by atoms with Gasteiger partial charge in [-0.05, 0) is 13.8 Å². The summed E-state index contributed by atoms with van der Waals surface area (Å²) in [6.07, 6.45) is 3.26. The van der Waals surface area contributed by atoms with Gasteiger partial charge in [0.05, 0.1) is 11.9 Å². The number of carbonyl (C=O) groups excluding carboxylic acids is 1. The van der Waals surface area contributed by atoms with E-state index >= 15 is 0 Å². The molecule has 0 aliphatic carbocycles. The van der Waals surface area contributed by atoms with Crippen molar-refractivity contribution in [1.29, 1.82) is 0 Å². The van der Waals surface area contributed by atoms with Gasteiger partial charge in [0.15, 0.2) is 0 Å². The minimum Gasteiger partial charge on any atom is -0.409 e. The molecule has 0 radical (unpaired) electrons. The van der Waals surface area contributed by atoms with E-state index in [-0.39, 0.29) is 29.9 Å². The minimum atomic E-state index is -0.249. The van der Waals surface area contributed by atoms with Crippen LogP contribution in [-0.4, -0.2) is 44.9 Å². The first-order valence-electron chi connectivity index (χ1n) is 5.48. The number of amides is 1. The predicted octanol–water partition coefficient (Wildman–Crippen LogP) is 0.382. The van der Waals surface area contributed by atoms with Gasteiger partial charge in [0.1, 0.15) is 11.5 Å². The summed E-state index contributed by atoms with van der Waals surface area (Å²) >= 11 is 0. The maximum absolute atomic E-state index is 12.0. The van der Waals surface area contributed by atoms with E-state index in [0.717, 1.165) is 5.69 Å². The van der Waals surface area contributed by atoms with E-state index < -0.39 is 0 Å². The Morgan fingerprint density at radius 1 is 1.56 bits per heavy atom. The third-order valence-corrected chi connectivity index (χ3v) is 2.61. The number of hydrogen-bond donors (Lipinski definition) is 2. The van der Waals surface area contributed by atoms with Gasteiger partial charge >= 0.3 is 0 Å². The minimum absolute atomic E-state index is 0.0807. The van der Waals surface area contributed by atoms with Crippen LogP contribution in [0.3, 0.4) is 0 Å². The second-order valence-corrected chi connectivity index (χ2v) is 4.10. The molecule has 7 heteroatoms. The molecule has 0 aliphatic rings. The number of nitrogens with two attached hydrogens (primary N) is 1. The van der Waals surface area contributed by atoms with Gasteiger partial charge in [-0.2, -0.15) is 0 Å². The van der Waals surface area contributed by atoms with E-state index in [0.29, 0.717) is 0 Å². The standard InChI is InChI=1S/C11H17N5O2/c1-7-5-14-9(6-13-7)11(17)16(3)8(2)4-10(12)15-18/h5-6,8,18H,4H2,1-3H3,(H2,12,15). The van der Waals surface area contributed by atoms with Crippen LogP contribution in [-0.2, 0) is 0 Å². The Kier molecular flexibility index (Phi) is 4.59. The van der Waals surface area contributed by atoms with Gasteiger partial charge in [-0.25, -0.2) is 4.98 Å². The molecule has 1 amide bonds. The molecule has 1 unspecified atom stereocenters. The summed E-state index contributed by atoms with van der Waals surface area (Å²) in [6.45, 7) is 3.60. The summed E-state index contributed by atoms with van der Waals surface area (Å²) < 4.78 is 0.